The molecule has 27 heavy (non-hydrogen) atoms. The average Bonchev–Trinajstić information content (AvgIpc) is 2.62. The lowest BCUT2D eigenvalue weighted by Gasteiger charge is -2.22. The van der Waals surface area contributed by atoms with Gasteiger partial charge in [-0.2, -0.15) is 13.2 Å². The molecule has 0 heterocycles. The number of anilines is 1. The van der Waals surface area contributed by atoms with Crippen molar-refractivity contribution in [2.75, 3.05) is 18.0 Å². The molecule has 0 fully saturated rings. The Morgan fingerprint density at radius 2 is 1.74 bits per heavy atom. The van der Waals surface area contributed by atoms with E-state index in [0.29, 0.717) is 13.0 Å². The normalized spacial score (nSPS) is 11.1. The van der Waals surface area contributed by atoms with Crippen molar-refractivity contribution in [3.8, 4) is 0 Å². The summed E-state index contributed by atoms with van der Waals surface area (Å²) < 4.78 is 38.6. The minimum absolute atomic E-state index is 0.00458. The number of nitrogens with zero attached hydrogens (tertiary/aromatic N) is 1. The van der Waals surface area contributed by atoms with E-state index in [0.717, 1.165) is 17.7 Å². The molecule has 2 aromatic carbocycles. The number of hydrogen-bond acceptors (Lipinski definition) is 2. The molecule has 0 spiro atoms. The highest BCUT2D eigenvalue weighted by molar-refractivity contribution is 5.92. The van der Waals surface area contributed by atoms with Gasteiger partial charge in [0.15, 0.2) is 0 Å². The molecule has 0 saturated heterocycles. The molecule has 7 heteroatoms. The van der Waals surface area contributed by atoms with Crippen molar-refractivity contribution < 1.29 is 22.8 Å². The predicted molar refractivity (Wildman–Crippen MR) is 97.2 cm³/mol. The van der Waals surface area contributed by atoms with E-state index in [2.05, 4.69) is 5.32 Å². The van der Waals surface area contributed by atoms with Gasteiger partial charge in [-0.25, -0.2) is 0 Å². The molecule has 4 nitrogen and oxygen atoms in total. The smallest absolute Gasteiger partial charge is 0.356 e. The van der Waals surface area contributed by atoms with Crippen molar-refractivity contribution in [2.24, 2.45) is 0 Å². The zero-order valence-electron chi connectivity index (χ0n) is 14.9. The van der Waals surface area contributed by atoms with Crippen molar-refractivity contribution in [3.63, 3.8) is 0 Å². The largest absolute Gasteiger partial charge is 0.416 e. The summed E-state index contributed by atoms with van der Waals surface area (Å²) in [5.74, 6) is -0.685. The minimum Gasteiger partial charge on any atom is -0.356 e. The summed E-state index contributed by atoms with van der Waals surface area (Å²) in [5.41, 5.74) is 0.375. The Morgan fingerprint density at radius 3 is 2.37 bits per heavy atom. The third-order valence-electron chi connectivity index (χ3n) is 4.01. The minimum atomic E-state index is -4.49. The van der Waals surface area contributed by atoms with Crippen molar-refractivity contribution >= 4 is 17.5 Å². The Bertz CT molecular complexity index is 776. The molecule has 0 radical (unpaired) electrons. The average molecular weight is 378 g/mol. The molecular weight excluding hydrogens is 357 g/mol. The van der Waals surface area contributed by atoms with Crippen molar-refractivity contribution in [1.82, 2.24) is 5.32 Å². The van der Waals surface area contributed by atoms with Crippen LogP contribution in [0.3, 0.4) is 0 Å². The van der Waals surface area contributed by atoms with E-state index in [1.165, 1.54) is 24.0 Å². The quantitative estimate of drug-likeness (QED) is 0.797. The molecule has 2 amide bonds. The Morgan fingerprint density at radius 1 is 1.04 bits per heavy atom. The van der Waals surface area contributed by atoms with Crippen LogP contribution in [0.5, 0.6) is 0 Å². The SMILES string of the molecule is CC(=O)N(CCC(=O)NCCc1ccccc1)c1cccc(C(F)(F)F)c1. The van der Waals surface area contributed by atoms with Crippen molar-refractivity contribution in [3.05, 3.63) is 65.7 Å². The number of halogens is 3. The molecule has 0 aliphatic carbocycles. The fourth-order valence-corrected chi connectivity index (χ4v) is 2.61. The Labute approximate surface area is 156 Å². The molecular formula is C20H21F3N2O2. The fourth-order valence-electron chi connectivity index (χ4n) is 2.61. The zero-order valence-corrected chi connectivity index (χ0v) is 14.9. The first-order valence-corrected chi connectivity index (χ1v) is 8.53. The lowest BCUT2D eigenvalue weighted by Crippen LogP contribution is -2.34. The summed E-state index contributed by atoms with van der Waals surface area (Å²) in [5, 5.41) is 2.76. The van der Waals surface area contributed by atoms with Crippen LogP contribution in [0.25, 0.3) is 0 Å². The molecule has 0 aliphatic heterocycles. The molecule has 0 atom stereocenters. The van der Waals surface area contributed by atoms with Crippen LogP contribution in [0, 0.1) is 0 Å². The van der Waals surface area contributed by atoms with Crippen LogP contribution >= 0.6 is 0 Å². The number of hydrogen-bond donors (Lipinski definition) is 1. The molecule has 2 rings (SSSR count). The first kappa shape index (κ1) is 20.5. The van der Waals surface area contributed by atoms with Crippen LogP contribution in [0.15, 0.2) is 54.6 Å². The maximum atomic E-state index is 12.9. The highest BCUT2D eigenvalue weighted by atomic mass is 19.4. The number of carbonyl (C=O) groups excluding carboxylic acids is 2. The number of carbonyl (C=O) groups is 2. The molecule has 0 aliphatic rings. The molecule has 1 N–H and O–H groups in total. The fraction of sp³-hybridized carbons (Fsp3) is 0.300. The Kier molecular flexibility index (Phi) is 6.98. The maximum absolute atomic E-state index is 12.9. The lowest BCUT2D eigenvalue weighted by atomic mass is 10.1. The summed E-state index contributed by atoms with van der Waals surface area (Å²) in [6, 6.07) is 14.2. The van der Waals surface area contributed by atoms with Gasteiger partial charge in [-0.05, 0) is 30.2 Å². The van der Waals surface area contributed by atoms with E-state index in [-0.39, 0.29) is 24.6 Å². The van der Waals surface area contributed by atoms with Crippen LogP contribution in [0.1, 0.15) is 24.5 Å². The van der Waals surface area contributed by atoms with Gasteiger partial charge >= 0.3 is 6.18 Å². The number of rotatable bonds is 7. The van der Waals surface area contributed by atoms with E-state index in [1.54, 1.807) is 0 Å². The van der Waals surface area contributed by atoms with Gasteiger partial charge in [0.1, 0.15) is 0 Å². The number of alkyl halides is 3. The second kappa shape index (κ2) is 9.21. The van der Waals surface area contributed by atoms with Crippen LogP contribution in [0.4, 0.5) is 18.9 Å². The van der Waals surface area contributed by atoms with Crippen molar-refractivity contribution in [1.29, 1.82) is 0 Å². The van der Waals surface area contributed by atoms with E-state index in [4.69, 9.17) is 0 Å². The number of amides is 2. The predicted octanol–water partition coefficient (Wildman–Crippen LogP) is 3.81. The van der Waals surface area contributed by atoms with Gasteiger partial charge < -0.3 is 10.2 Å². The summed E-state index contributed by atoms with van der Waals surface area (Å²) in [6.07, 6.45) is -3.81. The molecule has 144 valence electrons. The van der Waals surface area contributed by atoms with Gasteiger partial charge in [-0.1, -0.05) is 36.4 Å². The summed E-state index contributed by atoms with van der Waals surface area (Å²) >= 11 is 0. The van der Waals surface area contributed by atoms with Crippen molar-refractivity contribution in [2.45, 2.75) is 25.9 Å². The van der Waals surface area contributed by atoms with E-state index in [9.17, 15) is 22.8 Å². The lowest BCUT2D eigenvalue weighted by molar-refractivity contribution is -0.137. The topological polar surface area (TPSA) is 49.4 Å². The van der Waals surface area contributed by atoms with Crippen LogP contribution < -0.4 is 10.2 Å². The number of benzene rings is 2. The summed E-state index contributed by atoms with van der Waals surface area (Å²) in [6.45, 7) is 1.72. The van der Waals surface area contributed by atoms with Gasteiger partial charge in [0.05, 0.1) is 5.56 Å². The monoisotopic (exact) mass is 378 g/mol. The number of nitrogens with one attached hydrogen (secondary N) is 1. The summed E-state index contributed by atoms with van der Waals surface area (Å²) in [4.78, 5) is 25.0. The molecule has 0 bridgehead atoms. The first-order valence-electron chi connectivity index (χ1n) is 8.53. The van der Waals surface area contributed by atoms with Gasteiger partial charge in [-0.3, -0.25) is 9.59 Å². The molecule has 0 saturated carbocycles. The van der Waals surface area contributed by atoms with E-state index in [1.807, 2.05) is 30.3 Å². The third-order valence-corrected chi connectivity index (χ3v) is 4.01. The second-order valence-corrected chi connectivity index (χ2v) is 6.05. The van der Waals surface area contributed by atoms with Gasteiger partial charge in [0.25, 0.3) is 0 Å². The van der Waals surface area contributed by atoms with Crippen LogP contribution in [0.2, 0.25) is 0 Å². The van der Waals surface area contributed by atoms with Gasteiger partial charge in [0.2, 0.25) is 11.8 Å². The Balaban J connectivity index is 1.91. The third kappa shape index (κ3) is 6.44. The first-order chi connectivity index (χ1) is 12.8. The maximum Gasteiger partial charge on any atom is 0.416 e. The standard InChI is InChI=1S/C20H21F3N2O2/c1-15(26)25(18-9-5-8-17(14-18)20(21,22)23)13-11-19(27)24-12-10-16-6-3-2-4-7-16/h2-9,14H,10-13H2,1H3,(H,24,27). The molecule has 0 unspecified atom stereocenters. The Hall–Kier alpha value is -2.83. The van der Waals surface area contributed by atoms with Crippen LogP contribution in [-0.4, -0.2) is 24.9 Å². The van der Waals surface area contributed by atoms with E-state index < -0.39 is 17.6 Å². The van der Waals surface area contributed by atoms with E-state index >= 15 is 0 Å². The van der Waals surface area contributed by atoms with Gasteiger partial charge in [0, 0.05) is 32.1 Å². The molecule has 2 aromatic rings. The van der Waals surface area contributed by atoms with Crippen LogP contribution in [-0.2, 0) is 22.2 Å². The zero-order chi connectivity index (χ0) is 19.9. The highest BCUT2D eigenvalue weighted by Gasteiger charge is 2.31. The molecule has 0 aromatic heterocycles. The van der Waals surface area contributed by atoms with Gasteiger partial charge in [-0.15, -0.1) is 0 Å². The summed E-state index contributed by atoms with van der Waals surface area (Å²) in [7, 11) is 0. The highest BCUT2D eigenvalue weighted by Crippen LogP contribution is 2.31. The second-order valence-electron chi connectivity index (χ2n) is 6.05.